The van der Waals surface area contributed by atoms with Crippen LogP contribution in [0, 0.1) is 0 Å². The molecule has 68 valence electrons. The second-order valence-corrected chi connectivity index (χ2v) is 2.57. The fourth-order valence-corrected chi connectivity index (χ4v) is 0.884. The van der Waals surface area contributed by atoms with Gasteiger partial charge in [-0.1, -0.05) is 32.8 Å². The normalized spacial score (nSPS) is 10.7. The molecule has 0 fully saturated rings. The molecule has 3 heteroatoms. The number of unbranched alkanes of at least 4 members (excludes halogenated alkanes) is 1. The van der Waals surface area contributed by atoms with Crippen LogP contribution in [0.2, 0.25) is 0 Å². The summed E-state index contributed by atoms with van der Waals surface area (Å²) in [6.45, 7) is 4.03. The Kier molecular flexibility index (Phi) is 11.0. The largest absolute Gasteiger partial charge is 2.00 e. The molecule has 0 amide bonds. The van der Waals surface area contributed by atoms with E-state index in [-0.39, 0.29) is 25.9 Å². The predicted octanol–water partition coefficient (Wildman–Crippen LogP) is 2.44. The Bertz CT molecular complexity index is 161. The van der Waals surface area contributed by atoms with E-state index in [1.165, 1.54) is 0 Å². The van der Waals surface area contributed by atoms with Gasteiger partial charge in [-0.05, 0) is 12.8 Å². The molecule has 0 aromatic rings. The molecule has 2 nitrogen and oxygen atoms in total. The molecule has 0 atom stereocenters. The van der Waals surface area contributed by atoms with E-state index in [2.05, 4.69) is 0 Å². The number of carbonyl (C=O) groups is 1. The van der Waals surface area contributed by atoms with Crippen LogP contribution in [-0.4, -0.2) is 34.1 Å². The van der Waals surface area contributed by atoms with Crippen molar-refractivity contribution in [2.24, 2.45) is 0 Å². The summed E-state index contributed by atoms with van der Waals surface area (Å²) in [5.41, 5.74) is 0.564. The van der Waals surface area contributed by atoms with Crippen LogP contribution >= 0.6 is 0 Å². The number of hydrogen-bond acceptors (Lipinski definition) is 1. The molecule has 0 aromatic carbocycles. The van der Waals surface area contributed by atoms with Crippen LogP contribution in [0.4, 0.5) is 0 Å². The third-order valence-corrected chi connectivity index (χ3v) is 1.47. The molecule has 0 aliphatic rings. The van der Waals surface area contributed by atoms with Gasteiger partial charge in [0, 0.05) is 5.57 Å². The summed E-state index contributed by atoms with van der Waals surface area (Å²) in [5.74, 6) is -0.764. The van der Waals surface area contributed by atoms with Crippen molar-refractivity contribution in [3.63, 3.8) is 0 Å². The van der Waals surface area contributed by atoms with Crippen LogP contribution in [0.1, 0.15) is 42.4 Å². The molecule has 0 radical (unpaired) electrons. The topological polar surface area (TPSA) is 37.3 Å². The van der Waals surface area contributed by atoms with Gasteiger partial charge in [-0.15, -0.1) is 0 Å². The number of carboxylic acid groups (broad SMARTS) is 1. The van der Waals surface area contributed by atoms with E-state index in [0.29, 0.717) is 12.0 Å². The van der Waals surface area contributed by atoms with Gasteiger partial charge >= 0.3 is 29.0 Å². The van der Waals surface area contributed by atoms with E-state index in [4.69, 9.17) is 5.11 Å². The molecule has 1 N–H and O–H groups in total. The van der Waals surface area contributed by atoms with E-state index in [1.54, 1.807) is 0 Å². The van der Waals surface area contributed by atoms with Crippen molar-refractivity contribution in [2.45, 2.75) is 39.5 Å². The summed E-state index contributed by atoms with van der Waals surface area (Å²) in [5, 5.41) is 8.66. The van der Waals surface area contributed by atoms with Gasteiger partial charge in [-0.25, -0.2) is 4.79 Å². The number of allylic oxidation sites excluding steroid dienone is 1. The Balaban J connectivity index is -0.000000167. The molecule has 12 heavy (non-hydrogen) atoms. The second-order valence-electron chi connectivity index (χ2n) is 2.57. The molecule has 0 aliphatic carbocycles. The first-order valence-electron chi connectivity index (χ1n) is 4.14. The van der Waals surface area contributed by atoms with Gasteiger partial charge < -0.3 is 7.96 Å². The predicted molar refractivity (Wildman–Crippen MR) is 53.5 cm³/mol. The number of carboxylic acids is 1. The molecule has 0 aliphatic heterocycles. The first-order valence-corrected chi connectivity index (χ1v) is 4.14. The van der Waals surface area contributed by atoms with Crippen molar-refractivity contribution >= 4 is 29.0 Å². The summed E-state index contributed by atoms with van der Waals surface area (Å²) in [4.78, 5) is 10.5. The van der Waals surface area contributed by atoms with E-state index in [9.17, 15) is 4.79 Å². The van der Waals surface area contributed by atoms with E-state index in [0.717, 1.165) is 19.3 Å². The van der Waals surface area contributed by atoms with E-state index >= 15 is 0 Å². The van der Waals surface area contributed by atoms with Crippen molar-refractivity contribution < 1.29 is 12.8 Å². The molecule has 0 spiro atoms. The summed E-state index contributed by atoms with van der Waals surface area (Å²) < 4.78 is 0. The Morgan fingerprint density at radius 1 is 1.42 bits per heavy atom. The molecular weight excluding hydrogens is 164 g/mol. The first-order chi connectivity index (χ1) is 5.22. The Morgan fingerprint density at radius 3 is 2.33 bits per heavy atom. The fourth-order valence-electron chi connectivity index (χ4n) is 0.884. The van der Waals surface area contributed by atoms with Gasteiger partial charge in [-0.3, -0.25) is 0 Å². The van der Waals surface area contributed by atoms with Gasteiger partial charge in [0.15, 0.2) is 0 Å². The van der Waals surface area contributed by atoms with Crippen LogP contribution in [0.25, 0.3) is 0 Å². The fraction of sp³-hybridized carbons (Fsp3) is 0.667. The quantitative estimate of drug-likeness (QED) is 0.524. The monoisotopic (exact) mass is 182 g/mol. The minimum Gasteiger partial charge on any atom is -1.00 e. The standard InChI is InChI=1S/C9H16O2.Mg.2H/c1-3-5-7-8(6-4-2)9(10)11;;;/h7H,3-6H2,1-2H3,(H,10,11);;;/q;+2;2*-1. The smallest absolute Gasteiger partial charge is 1.00 e. The molecule has 0 rings (SSSR count). The maximum absolute atomic E-state index is 10.5. The molecular formula is C9H18MgO2. The maximum atomic E-state index is 10.5. The summed E-state index contributed by atoms with van der Waals surface area (Å²) in [6.07, 6.45) is 5.31. The van der Waals surface area contributed by atoms with Crippen molar-refractivity contribution in [1.82, 2.24) is 0 Å². The van der Waals surface area contributed by atoms with Gasteiger partial charge in [-0.2, -0.15) is 0 Å². The van der Waals surface area contributed by atoms with Gasteiger partial charge in [0.2, 0.25) is 0 Å². The Morgan fingerprint density at radius 2 is 2.00 bits per heavy atom. The van der Waals surface area contributed by atoms with Crippen LogP contribution in [0.3, 0.4) is 0 Å². The second kappa shape index (κ2) is 9.07. The Labute approximate surface area is 93.2 Å². The summed E-state index contributed by atoms with van der Waals surface area (Å²) in [7, 11) is 0. The molecule has 0 saturated heterocycles. The average molecular weight is 183 g/mol. The molecule has 0 bridgehead atoms. The summed E-state index contributed by atoms with van der Waals surface area (Å²) in [6, 6.07) is 0. The van der Waals surface area contributed by atoms with Crippen LogP contribution in [0.5, 0.6) is 0 Å². The minimum absolute atomic E-state index is 0. The van der Waals surface area contributed by atoms with Crippen molar-refractivity contribution in [3.05, 3.63) is 11.6 Å². The molecule has 0 heterocycles. The van der Waals surface area contributed by atoms with Crippen molar-refractivity contribution in [2.75, 3.05) is 0 Å². The molecule has 0 unspecified atom stereocenters. The van der Waals surface area contributed by atoms with Crippen LogP contribution in [0.15, 0.2) is 11.6 Å². The van der Waals surface area contributed by atoms with Gasteiger partial charge in [0.25, 0.3) is 0 Å². The van der Waals surface area contributed by atoms with Gasteiger partial charge in [0.1, 0.15) is 0 Å². The van der Waals surface area contributed by atoms with Crippen LogP contribution in [-0.2, 0) is 4.79 Å². The maximum Gasteiger partial charge on any atom is 2.00 e. The zero-order chi connectivity index (χ0) is 8.69. The van der Waals surface area contributed by atoms with Crippen molar-refractivity contribution in [3.8, 4) is 0 Å². The van der Waals surface area contributed by atoms with E-state index < -0.39 is 5.97 Å². The first kappa shape index (κ1) is 14.5. The third-order valence-electron chi connectivity index (χ3n) is 1.47. The zero-order valence-corrected chi connectivity index (χ0v) is 9.38. The molecule has 0 saturated carbocycles. The van der Waals surface area contributed by atoms with Crippen LogP contribution < -0.4 is 0 Å². The van der Waals surface area contributed by atoms with E-state index in [1.807, 2.05) is 19.9 Å². The average Bonchev–Trinajstić information content (AvgIpc) is 1.97. The summed E-state index contributed by atoms with van der Waals surface area (Å²) >= 11 is 0. The number of aliphatic carboxylic acids is 1. The minimum atomic E-state index is -0.764. The van der Waals surface area contributed by atoms with Gasteiger partial charge in [0.05, 0.1) is 0 Å². The zero-order valence-electron chi connectivity index (χ0n) is 9.97. The van der Waals surface area contributed by atoms with Crippen molar-refractivity contribution in [1.29, 1.82) is 0 Å². The Hall–Kier alpha value is -0.0238. The third kappa shape index (κ3) is 6.67. The number of hydrogen-bond donors (Lipinski definition) is 1. The molecule has 0 aromatic heterocycles. The number of rotatable bonds is 5. The SMILES string of the molecule is CCCC=C(CCC)C(=O)O.[H-].[H-].[Mg+2].